The molecule has 3 heteroatoms. The second-order valence-corrected chi connectivity index (χ2v) is 4.39. The van der Waals surface area contributed by atoms with Gasteiger partial charge in [-0.25, -0.2) is 0 Å². The van der Waals surface area contributed by atoms with Gasteiger partial charge in [0.05, 0.1) is 6.07 Å². The SMILES string of the molecule is CCCCCCc1ccc(NC(=O)CC#N)cc1. The monoisotopic (exact) mass is 244 g/mol. The molecule has 0 radical (unpaired) electrons. The van der Waals surface area contributed by atoms with Gasteiger partial charge in [0.25, 0.3) is 0 Å². The highest BCUT2D eigenvalue weighted by Crippen LogP contribution is 2.12. The zero-order chi connectivity index (χ0) is 13.2. The number of carbonyl (C=O) groups excluding carboxylic acids is 1. The molecule has 96 valence electrons. The molecule has 0 fully saturated rings. The van der Waals surface area contributed by atoms with Gasteiger partial charge in [-0.3, -0.25) is 4.79 Å². The maximum absolute atomic E-state index is 11.2. The Balaban J connectivity index is 2.38. The van der Waals surface area contributed by atoms with E-state index >= 15 is 0 Å². The van der Waals surface area contributed by atoms with Crippen LogP contribution in [0.25, 0.3) is 0 Å². The second kappa shape index (κ2) is 8.30. The van der Waals surface area contributed by atoms with Gasteiger partial charge in [-0.05, 0) is 30.5 Å². The predicted octanol–water partition coefficient (Wildman–Crippen LogP) is 3.66. The van der Waals surface area contributed by atoms with Crippen molar-refractivity contribution < 1.29 is 4.79 Å². The van der Waals surface area contributed by atoms with Crippen LogP contribution in [0.2, 0.25) is 0 Å². The highest BCUT2D eigenvalue weighted by Gasteiger charge is 2.01. The van der Waals surface area contributed by atoms with Crippen LogP contribution < -0.4 is 5.32 Å². The molecular weight excluding hydrogens is 224 g/mol. The van der Waals surface area contributed by atoms with Gasteiger partial charge in [0.1, 0.15) is 6.42 Å². The van der Waals surface area contributed by atoms with Gasteiger partial charge in [0.2, 0.25) is 5.91 Å². The number of anilines is 1. The summed E-state index contributed by atoms with van der Waals surface area (Å²) in [6, 6.07) is 9.68. The summed E-state index contributed by atoms with van der Waals surface area (Å²) >= 11 is 0. The molecule has 0 saturated heterocycles. The largest absolute Gasteiger partial charge is 0.325 e. The highest BCUT2D eigenvalue weighted by atomic mass is 16.1. The lowest BCUT2D eigenvalue weighted by Gasteiger charge is -2.05. The zero-order valence-corrected chi connectivity index (χ0v) is 10.9. The molecule has 0 saturated carbocycles. The molecule has 1 aromatic rings. The van der Waals surface area contributed by atoms with E-state index in [1.54, 1.807) is 0 Å². The van der Waals surface area contributed by atoms with Crippen molar-refractivity contribution in [2.75, 3.05) is 5.32 Å². The van der Waals surface area contributed by atoms with Gasteiger partial charge in [-0.2, -0.15) is 5.26 Å². The second-order valence-electron chi connectivity index (χ2n) is 4.39. The van der Waals surface area contributed by atoms with Crippen molar-refractivity contribution in [1.29, 1.82) is 5.26 Å². The van der Waals surface area contributed by atoms with Crippen molar-refractivity contribution in [3.63, 3.8) is 0 Å². The molecule has 0 aliphatic rings. The Morgan fingerprint density at radius 3 is 2.56 bits per heavy atom. The minimum Gasteiger partial charge on any atom is -0.325 e. The lowest BCUT2D eigenvalue weighted by Crippen LogP contribution is -2.09. The Morgan fingerprint density at radius 1 is 1.22 bits per heavy atom. The van der Waals surface area contributed by atoms with E-state index in [-0.39, 0.29) is 12.3 Å². The number of aryl methyl sites for hydroxylation is 1. The molecule has 1 amide bonds. The standard InChI is InChI=1S/C15H20N2O/c1-2-3-4-5-6-13-7-9-14(10-8-13)17-15(18)11-12-16/h7-10H,2-6,11H2,1H3,(H,17,18). The number of benzene rings is 1. The lowest BCUT2D eigenvalue weighted by atomic mass is 10.1. The Hall–Kier alpha value is -1.82. The molecule has 0 atom stereocenters. The number of nitrogens with one attached hydrogen (secondary N) is 1. The number of nitriles is 1. The molecule has 0 aliphatic heterocycles. The molecule has 0 aromatic heterocycles. The molecule has 3 nitrogen and oxygen atoms in total. The first-order valence-electron chi connectivity index (χ1n) is 6.52. The predicted molar refractivity (Wildman–Crippen MR) is 73.1 cm³/mol. The van der Waals surface area contributed by atoms with Crippen LogP contribution >= 0.6 is 0 Å². The molecule has 1 rings (SSSR count). The van der Waals surface area contributed by atoms with Gasteiger partial charge < -0.3 is 5.32 Å². The highest BCUT2D eigenvalue weighted by molar-refractivity contribution is 5.91. The van der Waals surface area contributed by atoms with Crippen molar-refractivity contribution in [2.24, 2.45) is 0 Å². The number of hydrogen-bond donors (Lipinski definition) is 1. The molecule has 0 aliphatic carbocycles. The van der Waals surface area contributed by atoms with E-state index < -0.39 is 0 Å². The maximum Gasteiger partial charge on any atom is 0.238 e. The normalized spacial score (nSPS) is 9.78. The summed E-state index contributed by atoms with van der Waals surface area (Å²) < 4.78 is 0. The zero-order valence-electron chi connectivity index (χ0n) is 10.9. The minimum absolute atomic E-state index is 0.0984. The molecule has 0 unspecified atom stereocenters. The third-order valence-corrected chi connectivity index (χ3v) is 2.80. The maximum atomic E-state index is 11.2. The van der Waals surface area contributed by atoms with E-state index in [0.29, 0.717) is 0 Å². The van der Waals surface area contributed by atoms with Gasteiger partial charge >= 0.3 is 0 Å². The molecule has 0 spiro atoms. The molecule has 18 heavy (non-hydrogen) atoms. The number of unbranched alkanes of at least 4 members (excludes halogenated alkanes) is 3. The van der Waals surface area contributed by atoms with E-state index in [0.717, 1.165) is 12.1 Å². The summed E-state index contributed by atoms with van der Waals surface area (Å²) in [5, 5.41) is 11.1. The fourth-order valence-corrected chi connectivity index (χ4v) is 1.79. The van der Waals surface area contributed by atoms with E-state index in [2.05, 4.69) is 12.2 Å². The van der Waals surface area contributed by atoms with Crippen LogP contribution in [0.4, 0.5) is 5.69 Å². The van der Waals surface area contributed by atoms with Crippen molar-refractivity contribution in [1.82, 2.24) is 0 Å². The van der Waals surface area contributed by atoms with Gasteiger partial charge in [-0.15, -0.1) is 0 Å². The average molecular weight is 244 g/mol. The quantitative estimate of drug-likeness (QED) is 0.744. The first-order valence-corrected chi connectivity index (χ1v) is 6.52. The van der Waals surface area contributed by atoms with Crippen LogP contribution in [0, 0.1) is 11.3 Å². The molecule has 1 aromatic carbocycles. The summed E-state index contributed by atoms with van der Waals surface area (Å²) in [4.78, 5) is 11.2. The first-order chi connectivity index (χ1) is 8.76. The summed E-state index contributed by atoms with van der Waals surface area (Å²) in [6.45, 7) is 2.21. The van der Waals surface area contributed by atoms with Crippen molar-refractivity contribution in [3.8, 4) is 6.07 Å². The van der Waals surface area contributed by atoms with Crippen molar-refractivity contribution in [2.45, 2.75) is 45.4 Å². The van der Waals surface area contributed by atoms with E-state index in [1.807, 2.05) is 30.3 Å². The summed E-state index contributed by atoms with van der Waals surface area (Å²) in [5.74, 6) is -0.256. The average Bonchev–Trinajstić information content (AvgIpc) is 2.37. The molecule has 1 N–H and O–H groups in total. The fraction of sp³-hybridized carbons (Fsp3) is 0.467. The van der Waals surface area contributed by atoms with Crippen LogP contribution in [0.5, 0.6) is 0 Å². The fourth-order valence-electron chi connectivity index (χ4n) is 1.79. The van der Waals surface area contributed by atoms with Crippen LogP contribution in [-0.2, 0) is 11.2 Å². The van der Waals surface area contributed by atoms with E-state index in [4.69, 9.17) is 5.26 Å². The number of amides is 1. The van der Waals surface area contributed by atoms with E-state index in [1.165, 1.54) is 31.2 Å². The van der Waals surface area contributed by atoms with Gasteiger partial charge in [-0.1, -0.05) is 38.3 Å². The minimum atomic E-state index is -0.256. The van der Waals surface area contributed by atoms with Crippen molar-refractivity contribution in [3.05, 3.63) is 29.8 Å². The Morgan fingerprint density at radius 2 is 1.94 bits per heavy atom. The smallest absolute Gasteiger partial charge is 0.238 e. The third kappa shape index (κ3) is 5.49. The number of hydrogen-bond acceptors (Lipinski definition) is 2. The Labute approximate surface area is 109 Å². The summed E-state index contributed by atoms with van der Waals surface area (Å²) in [5.41, 5.74) is 2.05. The third-order valence-electron chi connectivity index (χ3n) is 2.80. The number of rotatable bonds is 7. The van der Waals surface area contributed by atoms with E-state index in [9.17, 15) is 4.79 Å². The van der Waals surface area contributed by atoms with Crippen LogP contribution in [-0.4, -0.2) is 5.91 Å². The van der Waals surface area contributed by atoms with Gasteiger partial charge in [0.15, 0.2) is 0 Å². The van der Waals surface area contributed by atoms with Gasteiger partial charge in [0, 0.05) is 5.69 Å². The van der Waals surface area contributed by atoms with Crippen molar-refractivity contribution >= 4 is 11.6 Å². The molecule has 0 heterocycles. The molecular formula is C15H20N2O. The lowest BCUT2D eigenvalue weighted by molar-refractivity contribution is -0.115. The molecule has 0 bridgehead atoms. The Kier molecular flexibility index (Phi) is 6.56. The van der Waals surface area contributed by atoms with Crippen LogP contribution in [0.3, 0.4) is 0 Å². The summed E-state index contributed by atoms with van der Waals surface area (Å²) in [7, 11) is 0. The summed E-state index contributed by atoms with van der Waals surface area (Å²) in [6.07, 6.45) is 6.03. The number of nitrogens with zero attached hydrogens (tertiary/aromatic N) is 1. The Bertz CT molecular complexity index is 403. The van der Waals surface area contributed by atoms with Crippen LogP contribution in [0.1, 0.15) is 44.6 Å². The number of carbonyl (C=O) groups is 1. The first kappa shape index (κ1) is 14.2. The van der Waals surface area contributed by atoms with Crippen LogP contribution in [0.15, 0.2) is 24.3 Å². The topological polar surface area (TPSA) is 52.9 Å².